The van der Waals surface area contributed by atoms with Crippen molar-refractivity contribution in [3.8, 4) is 0 Å². The maximum atomic E-state index is 4.07. The minimum atomic E-state index is 0.0606. The first-order valence-electron chi connectivity index (χ1n) is 7.22. The Morgan fingerprint density at radius 1 is 1.17 bits per heavy atom. The zero-order valence-electron chi connectivity index (χ0n) is 14.0. The number of hydrogen-bond acceptors (Lipinski definition) is 1. The normalized spacial score (nSPS) is 10.9. The molecule has 0 saturated carbocycles. The van der Waals surface area contributed by atoms with E-state index in [9.17, 15) is 0 Å². The predicted molar refractivity (Wildman–Crippen MR) is 88.4 cm³/mol. The van der Waals surface area contributed by atoms with E-state index in [4.69, 9.17) is 0 Å². The SMILES string of the molecule is C=CC(C)(C)/C=C\N=CCC.CC.CCC(C)C. The van der Waals surface area contributed by atoms with Gasteiger partial charge in [0.2, 0.25) is 0 Å². The van der Waals surface area contributed by atoms with Crippen LogP contribution in [0.3, 0.4) is 0 Å². The molecule has 0 spiro atoms. The van der Waals surface area contributed by atoms with Crippen LogP contribution in [0.4, 0.5) is 0 Å². The summed E-state index contributed by atoms with van der Waals surface area (Å²) in [5, 5.41) is 0. The van der Waals surface area contributed by atoms with Crippen LogP contribution in [0.1, 0.15) is 68.2 Å². The van der Waals surface area contributed by atoms with Crippen LogP contribution in [0.25, 0.3) is 0 Å². The van der Waals surface area contributed by atoms with Gasteiger partial charge in [0, 0.05) is 17.8 Å². The molecule has 1 nitrogen and oxygen atoms in total. The van der Waals surface area contributed by atoms with Gasteiger partial charge in [-0.25, -0.2) is 0 Å². The van der Waals surface area contributed by atoms with Gasteiger partial charge in [-0.1, -0.05) is 74.0 Å². The van der Waals surface area contributed by atoms with E-state index in [1.54, 1.807) is 0 Å². The zero-order chi connectivity index (χ0) is 15.0. The first-order valence-corrected chi connectivity index (χ1v) is 7.22. The summed E-state index contributed by atoms with van der Waals surface area (Å²) in [5.74, 6) is 0.884. The molecule has 0 N–H and O–H groups in total. The van der Waals surface area contributed by atoms with Crippen molar-refractivity contribution < 1.29 is 0 Å². The van der Waals surface area contributed by atoms with Crippen molar-refractivity contribution in [3.63, 3.8) is 0 Å². The maximum absolute atomic E-state index is 4.07. The fourth-order valence-corrected chi connectivity index (χ4v) is 0.469. The van der Waals surface area contributed by atoms with Crippen LogP contribution in [0.5, 0.6) is 0 Å². The van der Waals surface area contributed by atoms with Crippen molar-refractivity contribution in [1.29, 1.82) is 0 Å². The van der Waals surface area contributed by atoms with E-state index in [-0.39, 0.29) is 5.41 Å². The molecule has 0 aromatic heterocycles. The molecule has 0 heterocycles. The van der Waals surface area contributed by atoms with E-state index in [0.29, 0.717) is 0 Å². The van der Waals surface area contributed by atoms with Crippen molar-refractivity contribution in [1.82, 2.24) is 0 Å². The number of aliphatic imine (C=N–C) groups is 1. The molecule has 0 aromatic rings. The highest BCUT2D eigenvalue weighted by Crippen LogP contribution is 2.17. The van der Waals surface area contributed by atoms with Crippen LogP contribution >= 0.6 is 0 Å². The lowest BCUT2D eigenvalue weighted by Crippen LogP contribution is -2.00. The Morgan fingerprint density at radius 3 is 1.89 bits per heavy atom. The number of hydrogen-bond donors (Lipinski definition) is 0. The maximum Gasteiger partial charge on any atom is 0.0232 e. The average Bonchev–Trinajstić information content (AvgIpc) is 2.38. The Bertz CT molecular complexity index is 210. The van der Waals surface area contributed by atoms with Crippen LogP contribution in [-0.4, -0.2) is 6.21 Å². The highest BCUT2D eigenvalue weighted by molar-refractivity contribution is 5.57. The van der Waals surface area contributed by atoms with Crippen LogP contribution in [-0.2, 0) is 0 Å². The molecule has 0 saturated heterocycles. The molecule has 0 aliphatic carbocycles. The van der Waals surface area contributed by atoms with E-state index in [1.165, 1.54) is 6.42 Å². The van der Waals surface area contributed by atoms with E-state index in [2.05, 4.69) is 53.1 Å². The molecule has 0 aromatic carbocycles. The Balaban J connectivity index is -0.000000270. The number of nitrogens with zero attached hydrogens (tertiary/aromatic N) is 1. The minimum absolute atomic E-state index is 0.0606. The molecule has 108 valence electrons. The lowest BCUT2D eigenvalue weighted by Gasteiger charge is -2.11. The summed E-state index contributed by atoms with van der Waals surface area (Å²) in [6.45, 7) is 20.6. The molecule has 0 amide bonds. The number of allylic oxidation sites excluding steroid dienone is 2. The van der Waals surface area contributed by atoms with Crippen LogP contribution < -0.4 is 0 Å². The van der Waals surface area contributed by atoms with Crippen molar-refractivity contribution in [2.24, 2.45) is 16.3 Å². The van der Waals surface area contributed by atoms with Crippen molar-refractivity contribution >= 4 is 6.21 Å². The van der Waals surface area contributed by atoms with Crippen molar-refractivity contribution in [3.05, 3.63) is 24.9 Å². The zero-order valence-corrected chi connectivity index (χ0v) is 14.0. The summed E-state index contributed by atoms with van der Waals surface area (Å²) >= 11 is 0. The Kier molecular flexibility index (Phi) is 20.0. The van der Waals surface area contributed by atoms with Crippen molar-refractivity contribution in [2.45, 2.75) is 68.2 Å². The quantitative estimate of drug-likeness (QED) is 0.404. The van der Waals surface area contributed by atoms with Gasteiger partial charge >= 0.3 is 0 Å². The third-order valence-electron chi connectivity index (χ3n) is 2.22. The molecule has 0 aliphatic rings. The monoisotopic (exact) mass is 253 g/mol. The summed E-state index contributed by atoms with van der Waals surface area (Å²) in [5.41, 5.74) is 0.0606. The fourth-order valence-electron chi connectivity index (χ4n) is 0.469. The van der Waals surface area contributed by atoms with Gasteiger partial charge in [-0.15, -0.1) is 6.58 Å². The third-order valence-corrected chi connectivity index (χ3v) is 2.22. The summed E-state index contributed by atoms with van der Waals surface area (Å²) < 4.78 is 0. The van der Waals surface area contributed by atoms with E-state index >= 15 is 0 Å². The molecule has 0 rings (SSSR count). The second-order valence-electron chi connectivity index (χ2n) is 4.88. The number of rotatable bonds is 5. The van der Waals surface area contributed by atoms with Gasteiger partial charge in [0.15, 0.2) is 0 Å². The molecule has 18 heavy (non-hydrogen) atoms. The predicted octanol–water partition coefficient (Wildman–Crippen LogP) is 6.27. The van der Waals surface area contributed by atoms with Gasteiger partial charge in [0.25, 0.3) is 0 Å². The molecular weight excluding hydrogens is 218 g/mol. The van der Waals surface area contributed by atoms with Gasteiger partial charge in [0.1, 0.15) is 0 Å². The van der Waals surface area contributed by atoms with Gasteiger partial charge < -0.3 is 0 Å². The highest BCUT2D eigenvalue weighted by Gasteiger charge is 2.05. The lowest BCUT2D eigenvalue weighted by atomic mass is 9.94. The summed E-state index contributed by atoms with van der Waals surface area (Å²) in [6.07, 6.45) is 9.94. The minimum Gasteiger partial charge on any atom is -0.269 e. The molecule has 0 bridgehead atoms. The van der Waals surface area contributed by atoms with E-state index < -0.39 is 0 Å². The second-order valence-corrected chi connectivity index (χ2v) is 4.88. The second kappa shape index (κ2) is 16.1. The van der Waals surface area contributed by atoms with Crippen LogP contribution in [0.15, 0.2) is 29.9 Å². The summed E-state index contributed by atoms with van der Waals surface area (Å²) in [7, 11) is 0. The molecule has 0 aliphatic heterocycles. The molecule has 0 unspecified atom stereocenters. The van der Waals surface area contributed by atoms with Crippen molar-refractivity contribution in [2.75, 3.05) is 0 Å². The van der Waals surface area contributed by atoms with E-state index in [1.807, 2.05) is 38.4 Å². The fraction of sp³-hybridized carbons (Fsp3) is 0.706. The largest absolute Gasteiger partial charge is 0.269 e. The van der Waals surface area contributed by atoms with Gasteiger partial charge in [-0.05, 0) is 12.3 Å². The third kappa shape index (κ3) is 24.4. The lowest BCUT2D eigenvalue weighted by molar-refractivity contribution is 0.626. The van der Waals surface area contributed by atoms with Gasteiger partial charge in [-0.3, -0.25) is 4.99 Å². The highest BCUT2D eigenvalue weighted by atomic mass is 14.7. The smallest absolute Gasteiger partial charge is 0.0232 e. The van der Waals surface area contributed by atoms with Crippen LogP contribution in [0, 0.1) is 11.3 Å². The molecular formula is C17H35N. The molecule has 0 atom stereocenters. The van der Waals surface area contributed by atoms with E-state index in [0.717, 1.165) is 12.3 Å². The first kappa shape index (κ1) is 22.3. The molecule has 0 radical (unpaired) electrons. The Labute approximate surface area is 116 Å². The van der Waals surface area contributed by atoms with Crippen LogP contribution in [0.2, 0.25) is 0 Å². The molecule has 0 fully saturated rings. The summed E-state index contributed by atoms with van der Waals surface area (Å²) in [4.78, 5) is 4.07. The Morgan fingerprint density at radius 2 is 1.61 bits per heavy atom. The standard InChI is InChI=1S/C10H17N.C5H12.C2H6/c1-5-8-11-9-7-10(3,4)6-2;1-4-5(2)3;1-2/h6-9H,2,5H2,1,3-4H3;5H,4H2,1-3H3;1-2H3/b9-7-,11-8?;;. The van der Waals surface area contributed by atoms with Gasteiger partial charge in [-0.2, -0.15) is 0 Å². The Hall–Kier alpha value is -0.850. The van der Waals surface area contributed by atoms with Gasteiger partial charge in [0.05, 0.1) is 0 Å². The first-order chi connectivity index (χ1) is 8.39. The summed E-state index contributed by atoms with van der Waals surface area (Å²) in [6, 6.07) is 0. The topological polar surface area (TPSA) is 12.4 Å². The molecule has 1 heteroatoms. The average molecular weight is 253 g/mol.